The summed E-state index contributed by atoms with van der Waals surface area (Å²) in [7, 11) is 1.79. The Morgan fingerprint density at radius 1 is 1.11 bits per heavy atom. The minimum Gasteiger partial charge on any atom is -0.371 e. The number of amides is 1. The van der Waals surface area contributed by atoms with Crippen LogP contribution in [0.15, 0.2) is 24.4 Å². The Labute approximate surface area is 206 Å². The molecule has 0 radical (unpaired) electrons. The number of aromatic nitrogens is 6. The van der Waals surface area contributed by atoms with E-state index < -0.39 is 13.0 Å². The molecule has 0 aliphatic heterocycles. The quantitative estimate of drug-likeness (QED) is 0.357. The van der Waals surface area contributed by atoms with Gasteiger partial charge in [-0.3, -0.25) is 4.79 Å². The maximum atomic E-state index is 13.1. The van der Waals surface area contributed by atoms with Crippen LogP contribution in [0, 0.1) is 6.92 Å². The molecule has 0 bridgehead atoms. The maximum absolute atomic E-state index is 13.1. The number of aryl methyl sites for hydroxylation is 1. The van der Waals surface area contributed by atoms with Crippen LogP contribution in [0.3, 0.4) is 0 Å². The van der Waals surface area contributed by atoms with Gasteiger partial charge in [0.15, 0.2) is 11.5 Å². The second-order valence-corrected chi connectivity index (χ2v) is 9.15. The van der Waals surface area contributed by atoms with Crippen molar-refractivity contribution in [3.63, 3.8) is 0 Å². The summed E-state index contributed by atoms with van der Waals surface area (Å²) in [5.41, 5.74) is 3.14. The molecule has 1 aliphatic rings. The minimum atomic E-state index is -2.50. The van der Waals surface area contributed by atoms with E-state index in [0.29, 0.717) is 34.4 Å². The number of hydrogen-bond donors (Lipinski definition) is 3. The molecule has 0 unspecified atom stereocenters. The van der Waals surface area contributed by atoms with Crippen molar-refractivity contribution in [3.05, 3.63) is 30.2 Å². The summed E-state index contributed by atoms with van der Waals surface area (Å²) in [4.78, 5) is 25.1. The van der Waals surface area contributed by atoms with Crippen LogP contribution in [-0.4, -0.2) is 60.6 Å². The van der Waals surface area contributed by atoms with Crippen LogP contribution < -0.4 is 16.0 Å². The predicted octanol–water partition coefficient (Wildman–Crippen LogP) is 3.62. The standard InChI is InChI=1S/C24H29F2N9O/c1-13-28-19-9-8-18(31-23(19)34(13)12-20(25)26)17-10-11-35-21(17)22(27-3)32-24(33-35)30-16-6-4-15(5-7-16)29-14(2)36/h8-11,15-16,20H,4-7,12H2,1-3H3,(H,29,36)(H2,27,30,32,33)/t15-,16-. The van der Waals surface area contributed by atoms with E-state index in [1.807, 2.05) is 18.3 Å². The Kier molecular flexibility index (Phi) is 6.42. The number of alkyl halides is 2. The fourth-order valence-electron chi connectivity index (χ4n) is 4.94. The highest BCUT2D eigenvalue weighted by atomic mass is 19.3. The van der Waals surface area contributed by atoms with Crippen molar-refractivity contribution < 1.29 is 13.6 Å². The fourth-order valence-corrected chi connectivity index (χ4v) is 4.94. The van der Waals surface area contributed by atoms with Crippen LogP contribution in [0.5, 0.6) is 0 Å². The Bertz CT molecular complexity index is 1410. The molecule has 4 aromatic rings. The average molecular weight is 498 g/mol. The van der Waals surface area contributed by atoms with Crippen molar-refractivity contribution in [2.24, 2.45) is 0 Å². The summed E-state index contributed by atoms with van der Waals surface area (Å²) in [5.74, 6) is 1.63. The third kappa shape index (κ3) is 4.67. The number of fused-ring (bicyclic) bond motifs is 2. The first-order chi connectivity index (χ1) is 17.3. The number of anilines is 2. The van der Waals surface area contributed by atoms with E-state index in [2.05, 4.69) is 31.0 Å². The van der Waals surface area contributed by atoms with Gasteiger partial charge >= 0.3 is 0 Å². The molecule has 4 aromatic heterocycles. The molecular formula is C24H29F2N9O. The van der Waals surface area contributed by atoms with Crippen molar-refractivity contribution in [1.82, 2.24) is 34.4 Å². The van der Waals surface area contributed by atoms with Crippen molar-refractivity contribution in [3.8, 4) is 11.3 Å². The van der Waals surface area contributed by atoms with Gasteiger partial charge in [0.25, 0.3) is 6.43 Å². The van der Waals surface area contributed by atoms with Crippen LogP contribution in [0.1, 0.15) is 38.4 Å². The first-order valence-corrected chi connectivity index (χ1v) is 12.1. The normalized spacial score (nSPS) is 18.2. The summed E-state index contributed by atoms with van der Waals surface area (Å²) in [6, 6.07) is 5.95. The largest absolute Gasteiger partial charge is 0.371 e. The zero-order chi connectivity index (χ0) is 25.4. The van der Waals surface area contributed by atoms with E-state index in [9.17, 15) is 13.6 Å². The second-order valence-electron chi connectivity index (χ2n) is 9.15. The number of nitrogens with zero attached hydrogens (tertiary/aromatic N) is 6. The van der Waals surface area contributed by atoms with E-state index in [1.54, 1.807) is 31.5 Å². The minimum absolute atomic E-state index is 0.00418. The van der Waals surface area contributed by atoms with E-state index in [1.165, 1.54) is 4.57 Å². The number of imidazole rings is 1. The van der Waals surface area contributed by atoms with Crippen LogP contribution >= 0.6 is 0 Å². The van der Waals surface area contributed by atoms with Gasteiger partial charge in [-0.2, -0.15) is 4.98 Å². The molecule has 1 aliphatic carbocycles. The third-order valence-corrected chi connectivity index (χ3v) is 6.60. The van der Waals surface area contributed by atoms with Crippen LogP contribution in [0.4, 0.5) is 20.5 Å². The number of hydrogen-bond acceptors (Lipinski definition) is 7. The molecule has 4 heterocycles. The van der Waals surface area contributed by atoms with Gasteiger partial charge < -0.3 is 20.5 Å². The topological polar surface area (TPSA) is 114 Å². The van der Waals surface area contributed by atoms with Gasteiger partial charge in [-0.15, -0.1) is 5.10 Å². The van der Waals surface area contributed by atoms with Gasteiger partial charge in [-0.25, -0.2) is 23.3 Å². The molecule has 3 N–H and O–H groups in total. The SMILES string of the molecule is CNc1nc(N[C@H]2CC[C@H](NC(C)=O)CC2)nn2ccc(-c3ccc4nc(C)n(CC(F)F)c4n3)c12. The first kappa shape index (κ1) is 23.9. The molecule has 190 valence electrons. The molecule has 12 heteroatoms. The maximum Gasteiger partial charge on any atom is 0.256 e. The molecule has 0 aromatic carbocycles. The number of pyridine rings is 1. The number of halogens is 2. The average Bonchev–Trinajstić information content (AvgIpc) is 3.40. The third-order valence-electron chi connectivity index (χ3n) is 6.60. The summed E-state index contributed by atoms with van der Waals surface area (Å²) >= 11 is 0. The number of carbonyl (C=O) groups is 1. The van der Waals surface area contributed by atoms with E-state index in [0.717, 1.165) is 36.8 Å². The summed E-state index contributed by atoms with van der Waals surface area (Å²) in [5, 5.41) is 14.2. The molecule has 0 spiro atoms. The molecule has 0 saturated heterocycles. The van der Waals surface area contributed by atoms with Crippen LogP contribution in [-0.2, 0) is 11.3 Å². The highest BCUT2D eigenvalue weighted by Gasteiger charge is 2.23. The molecular weight excluding hydrogens is 468 g/mol. The lowest BCUT2D eigenvalue weighted by atomic mass is 9.91. The Morgan fingerprint density at radius 2 is 1.86 bits per heavy atom. The highest BCUT2D eigenvalue weighted by molar-refractivity contribution is 5.89. The van der Waals surface area contributed by atoms with Crippen molar-refractivity contribution in [2.45, 2.75) is 64.6 Å². The van der Waals surface area contributed by atoms with Crippen molar-refractivity contribution in [1.29, 1.82) is 0 Å². The van der Waals surface area contributed by atoms with Crippen molar-refractivity contribution in [2.75, 3.05) is 17.7 Å². The van der Waals surface area contributed by atoms with Crippen molar-refractivity contribution >= 4 is 34.4 Å². The van der Waals surface area contributed by atoms with Crippen LogP contribution in [0.25, 0.3) is 27.9 Å². The Morgan fingerprint density at radius 3 is 2.56 bits per heavy atom. The van der Waals surface area contributed by atoms with Crippen LogP contribution in [0.2, 0.25) is 0 Å². The lowest BCUT2D eigenvalue weighted by Gasteiger charge is -2.29. The molecule has 10 nitrogen and oxygen atoms in total. The van der Waals surface area contributed by atoms with Gasteiger partial charge in [-0.05, 0) is 50.8 Å². The highest BCUT2D eigenvalue weighted by Crippen LogP contribution is 2.31. The molecule has 36 heavy (non-hydrogen) atoms. The van der Waals surface area contributed by atoms with E-state index in [-0.39, 0.29) is 18.0 Å². The van der Waals surface area contributed by atoms with Gasteiger partial charge in [0.2, 0.25) is 11.9 Å². The molecule has 1 fully saturated rings. The molecule has 5 rings (SSSR count). The monoisotopic (exact) mass is 497 g/mol. The number of nitrogens with one attached hydrogen (secondary N) is 3. The Balaban J connectivity index is 1.43. The van der Waals surface area contributed by atoms with Gasteiger partial charge in [-0.1, -0.05) is 0 Å². The zero-order valence-corrected chi connectivity index (χ0v) is 20.4. The molecule has 1 amide bonds. The number of rotatable bonds is 7. The summed E-state index contributed by atoms with van der Waals surface area (Å²) in [6.45, 7) is 2.79. The van der Waals surface area contributed by atoms with Gasteiger partial charge in [0.05, 0.1) is 12.2 Å². The van der Waals surface area contributed by atoms with Gasteiger partial charge in [0, 0.05) is 37.8 Å². The zero-order valence-electron chi connectivity index (χ0n) is 20.4. The fraction of sp³-hybridized carbons (Fsp3) is 0.458. The lowest BCUT2D eigenvalue weighted by molar-refractivity contribution is -0.119. The van der Waals surface area contributed by atoms with E-state index in [4.69, 9.17) is 4.98 Å². The second kappa shape index (κ2) is 9.67. The molecule has 0 atom stereocenters. The van der Waals surface area contributed by atoms with E-state index >= 15 is 0 Å². The predicted molar refractivity (Wildman–Crippen MR) is 133 cm³/mol. The smallest absolute Gasteiger partial charge is 0.256 e. The first-order valence-electron chi connectivity index (χ1n) is 12.1. The lowest BCUT2D eigenvalue weighted by Crippen LogP contribution is -2.39. The summed E-state index contributed by atoms with van der Waals surface area (Å²) < 4.78 is 29.5. The number of carbonyl (C=O) groups excluding carboxylic acids is 1. The molecule has 1 saturated carbocycles. The Hall–Kier alpha value is -3.83. The summed E-state index contributed by atoms with van der Waals surface area (Å²) in [6.07, 6.45) is 2.96. The van der Waals surface area contributed by atoms with Gasteiger partial charge in [0.1, 0.15) is 16.9 Å².